The van der Waals surface area contributed by atoms with Gasteiger partial charge in [0.1, 0.15) is 49.1 Å². The van der Waals surface area contributed by atoms with E-state index >= 15 is 0 Å². The van der Waals surface area contributed by atoms with Crippen LogP contribution in [-0.2, 0) is 30.4 Å². The Morgan fingerprint density at radius 3 is 2.46 bits per heavy atom. The molecule has 0 spiro atoms. The number of esters is 2. The van der Waals surface area contributed by atoms with E-state index in [1.165, 1.54) is 36.4 Å². The highest BCUT2D eigenvalue weighted by Crippen LogP contribution is 2.30. The minimum absolute atomic E-state index is 0.0322. The highest BCUT2D eigenvalue weighted by Gasteiger charge is 2.46. The van der Waals surface area contributed by atoms with E-state index in [1.807, 2.05) is 0 Å². The molecule has 2 aliphatic rings. The van der Waals surface area contributed by atoms with Crippen molar-refractivity contribution in [2.45, 2.75) is 55.8 Å². The molecule has 5 N–H and O–H groups in total. The highest BCUT2D eigenvalue weighted by atomic mass is 16.7. The minimum atomic E-state index is -2.43. The van der Waals surface area contributed by atoms with Crippen LogP contribution in [-0.4, -0.2) is 86.2 Å². The second kappa shape index (κ2) is 11.9. The van der Waals surface area contributed by atoms with Crippen molar-refractivity contribution in [3.63, 3.8) is 0 Å². The average molecular weight is 545 g/mol. The molecule has 1 aliphatic carbocycles. The smallest absolute Gasteiger partial charge is 0.350 e. The number of ether oxygens (including phenoxy) is 4. The van der Waals surface area contributed by atoms with Gasteiger partial charge in [0.25, 0.3) is 0 Å². The SMILES string of the molecule is O=C(OC[C@H]1O[C@@H](Oc2ccc(O)cc2COC(=O)C2(O)C=CCCC2=O)[C@H](O)[C@@H](O)[C@@H]1O)c1ccccc1. The summed E-state index contributed by atoms with van der Waals surface area (Å²) in [6.07, 6.45) is -5.05. The first kappa shape index (κ1) is 28.2. The Balaban J connectivity index is 1.44. The number of phenolic OH excluding ortho intramolecular Hbond substituents is 1. The molecule has 1 fully saturated rings. The molecule has 0 saturated carbocycles. The third kappa shape index (κ3) is 6.27. The maximum atomic E-state index is 12.5. The lowest BCUT2D eigenvalue weighted by molar-refractivity contribution is -0.277. The Hall–Kier alpha value is -3.81. The van der Waals surface area contributed by atoms with E-state index in [2.05, 4.69) is 0 Å². The number of rotatable bonds is 8. The molecule has 39 heavy (non-hydrogen) atoms. The monoisotopic (exact) mass is 544 g/mol. The lowest BCUT2D eigenvalue weighted by atomic mass is 9.90. The third-order valence-electron chi connectivity index (χ3n) is 6.34. The van der Waals surface area contributed by atoms with Gasteiger partial charge in [-0.3, -0.25) is 4.79 Å². The van der Waals surface area contributed by atoms with Gasteiger partial charge < -0.3 is 44.5 Å². The molecule has 208 valence electrons. The lowest BCUT2D eigenvalue weighted by Crippen LogP contribution is -2.60. The predicted molar refractivity (Wildman–Crippen MR) is 130 cm³/mol. The molecule has 12 heteroatoms. The Morgan fingerprint density at radius 2 is 1.74 bits per heavy atom. The molecular formula is C27H28O12. The first-order chi connectivity index (χ1) is 18.6. The van der Waals surface area contributed by atoms with Crippen molar-refractivity contribution < 1.29 is 58.9 Å². The summed E-state index contributed by atoms with van der Waals surface area (Å²) in [5.74, 6) is -2.91. The van der Waals surface area contributed by atoms with Crippen molar-refractivity contribution in [3.05, 3.63) is 71.8 Å². The largest absolute Gasteiger partial charge is 0.508 e. The second-order valence-corrected chi connectivity index (χ2v) is 9.10. The van der Waals surface area contributed by atoms with Crippen LogP contribution < -0.4 is 4.74 Å². The number of phenols is 1. The van der Waals surface area contributed by atoms with Crippen molar-refractivity contribution in [1.82, 2.24) is 0 Å². The third-order valence-corrected chi connectivity index (χ3v) is 6.34. The Morgan fingerprint density at radius 1 is 1.00 bits per heavy atom. The van der Waals surface area contributed by atoms with Crippen LogP contribution in [0.3, 0.4) is 0 Å². The average Bonchev–Trinajstić information content (AvgIpc) is 2.94. The Labute approximate surface area is 222 Å². The first-order valence-corrected chi connectivity index (χ1v) is 12.1. The summed E-state index contributed by atoms with van der Waals surface area (Å²) in [5.41, 5.74) is -2.10. The van der Waals surface area contributed by atoms with Crippen molar-refractivity contribution in [2.75, 3.05) is 6.61 Å². The van der Waals surface area contributed by atoms with Crippen LogP contribution in [0, 0.1) is 0 Å². The fourth-order valence-electron chi connectivity index (χ4n) is 4.07. The van der Waals surface area contributed by atoms with E-state index in [1.54, 1.807) is 18.2 Å². The molecule has 1 saturated heterocycles. The lowest BCUT2D eigenvalue weighted by Gasteiger charge is -2.40. The van der Waals surface area contributed by atoms with E-state index < -0.39 is 67.2 Å². The number of carbonyl (C=O) groups is 3. The molecule has 2 aromatic rings. The standard InChI is InChI=1S/C27H28O12/c28-17-9-10-18(16(12-17)13-37-26(34)27(35)11-5-4-8-20(27)29)38-25-23(32)22(31)21(30)19(39-25)14-36-24(33)15-6-2-1-3-7-15/h1-3,5-7,9-12,19,21-23,25,28,30-32,35H,4,8,13-14H2/t19-,21-,22+,23-,25-,27?/m1/s1. The van der Waals surface area contributed by atoms with Crippen molar-refractivity contribution >= 4 is 17.7 Å². The predicted octanol–water partition coefficient (Wildman–Crippen LogP) is 0.129. The molecule has 6 atom stereocenters. The Bertz CT molecular complexity index is 1230. The van der Waals surface area contributed by atoms with Crippen molar-refractivity contribution in [2.24, 2.45) is 0 Å². The van der Waals surface area contributed by atoms with Gasteiger partial charge in [0, 0.05) is 12.0 Å². The van der Waals surface area contributed by atoms with Crippen LogP contribution >= 0.6 is 0 Å². The van der Waals surface area contributed by atoms with Gasteiger partial charge >= 0.3 is 11.9 Å². The zero-order valence-electron chi connectivity index (χ0n) is 20.6. The van der Waals surface area contributed by atoms with Gasteiger partial charge in [0.05, 0.1) is 5.56 Å². The van der Waals surface area contributed by atoms with Crippen LogP contribution in [0.2, 0.25) is 0 Å². The molecule has 1 unspecified atom stereocenters. The summed E-state index contributed by atoms with van der Waals surface area (Å²) in [6.45, 7) is -1.02. The molecule has 1 heterocycles. The van der Waals surface area contributed by atoms with Gasteiger partial charge in [0.2, 0.25) is 11.9 Å². The van der Waals surface area contributed by atoms with E-state index in [0.29, 0.717) is 6.42 Å². The summed E-state index contributed by atoms with van der Waals surface area (Å²) >= 11 is 0. The van der Waals surface area contributed by atoms with Crippen LogP contribution in [0.1, 0.15) is 28.8 Å². The number of carbonyl (C=O) groups excluding carboxylic acids is 3. The van der Waals surface area contributed by atoms with Crippen molar-refractivity contribution in [1.29, 1.82) is 0 Å². The van der Waals surface area contributed by atoms with Crippen LogP contribution in [0.4, 0.5) is 0 Å². The number of Topliss-reactive ketones (excluding diaryl/α,β-unsaturated/α-hetero) is 1. The Kier molecular flexibility index (Phi) is 8.63. The molecule has 4 rings (SSSR count). The molecule has 12 nitrogen and oxygen atoms in total. The normalized spacial score (nSPS) is 28.5. The van der Waals surface area contributed by atoms with Crippen LogP contribution in [0.15, 0.2) is 60.7 Å². The van der Waals surface area contributed by atoms with E-state index in [9.17, 15) is 39.9 Å². The van der Waals surface area contributed by atoms with Gasteiger partial charge in [-0.2, -0.15) is 0 Å². The number of aromatic hydroxyl groups is 1. The number of aliphatic hydroxyl groups is 4. The summed E-state index contributed by atoms with van der Waals surface area (Å²) in [7, 11) is 0. The zero-order chi connectivity index (χ0) is 28.2. The molecule has 0 radical (unpaired) electrons. The molecule has 0 amide bonds. The van der Waals surface area contributed by atoms with Gasteiger partial charge in [-0.15, -0.1) is 0 Å². The van der Waals surface area contributed by atoms with Gasteiger partial charge in [-0.05, 0) is 42.8 Å². The van der Waals surface area contributed by atoms with E-state index in [-0.39, 0.29) is 29.0 Å². The zero-order valence-corrected chi connectivity index (χ0v) is 20.6. The fraction of sp³-hybridized carbons (Fsp3) is 0.370. The molecule has 2 aromatic carbocycles. The quantitative estimate of drug-likeness (QED) is 0.172. The van der Waals surface area contributed by atoms with Gasteiger partial charge in [-0.25, -0.2) is 9.59 Å². The molecule has 0 bridgehead atoms. The number of allylic oxidation sites excluding steroid dienone is 1. The molecule has 1 aliphatic heterocycles. The number of hydrogen-bond donors (Lipinski definition) is 5. The minimum Gasteiger partial charge on any atom is -0.508 e. The number of ketones is 1. The van der Waals surface area contributed by atoms with E-state index in [0.717, 1.165) is 6.08 Å². The van der Waals surface area contributed by atoms with E-state index in [4.69, 9.17) is 18.9 Å². The first-order valence-electron chi connectivity index (χ1n) is 12.1. The molecular weight excluding hydrogens is 516 g/mol. The maximum absolute atomic E-state index is 12.5. The number of benzene rings is 2. The maximum Gasteiger partial charge on any atom is 0.350 e. The highest BCUT2D eigenvalue weighted by molar-refractivity contribution is 6.09. The number of aliphatic hydroxyl groups excluding tert-OH is 3. The fourth-order valence-corrected chi connectivity index (χ4v) is 4.07. The van der Waals surface area contributed by atoms with Crippen molar-refractivity contribution in [3.8, 4) is 11.5 Å². The topological polar surface area (TPSA) is 189 Å². The van der Waals surface area contributed by atoms with Gasteiger partial charge in [0.15, 0.2) is 5.78 Å². The summed E-state index contributed by atoms with van der Waals surface area (Å²) in [6, 6.07) is 11.8. The number of hydrogen-bond acceptors (Lipinski definition) is 12. The van der Waals surface area contributed by atoms with Gasteiger partial charge in [-0.1, -0.05) is 24.3 Å². The van der Waals surface area contributed by atoms with Crippen LogP contribution in [0.25, 0.3) is 0 Å². The van der Waals surface area contributed by atoms with Crippen LogP contribution in [0.5, 0.6) is 11.5 Å². The molecule has 0 aromatic heterocycles. The summed E-state index contributed by atoms with van der Waals surface area (Å²) < 4.78 is 21.6. The summed E-state index contributed by atoms with van der Waals surface area (Å²) in [5, 5.41) is 51.5. The summed E-state index contributed by atoms with van der Waals surface area (Å²) in [4.78, 5) is 36.8. The second-order valence-electron chi connectivity index (χ2n) is 9.10.